The summed E-state index contributed by atoms with van der Waals surface area (Å²) in [5.74, 6) is 0. The topological polar surface area (TPSA) is 50.4 Å². The zero-order chi connectivity index (χ0) is 8.10. The normalized spacial score (nSPS) is 21.0. The average Bonchev–Trinajstić information content (AvgIpc) is 2.40. The van der Waals surface area contributed by atoms with E-state index >= 15 is 0 Å². The molecule has 0 aromatic rings. The number of ether oxygens (including phenoxy) is 1. The minimum atomic E-state index is -0.367. The van der Waals surface area contributed by atoms with Gasteiger partial charge in [0.2, 0.25) is 0 Å². The lowest BCUT2D eigenvalue weighted by Crippen LogP contribution is -2.40. The molecule has 1 aliphatic heterocycles. The molecule has 0 saturated carbocycles. The summed E-state index contributed by atoms with van der Waals surface area (Å²) >= 11 is 0. The first kappa shape index (κ1) is 7.91. The molecule has 4 heteroatoms. The van der Waals surface area contributed by atoms with Crippen molar-refractivity contribution in [2.75, 3.05) is 6.61 Å². The van der Waals surface area contributed by atoms with E-state index in [0.717, 1.165) is 6.42 Å². The second kappa shape index (κ2) is 3.85. The van der Waals surface area contributed by atoms with Crippen molar-refractivity contribution < 1.29 is 9.53 Å². The number of carbonyl (C=O) groups is 1. The maximum atomic E-state index is 10.8. The van der Waals surface area contributed by atoms with Gasteiger partial charge in [-0.25, -0.2) is 4.79 Å². The molecule has 0 radical (unpaired) electrons. The van der Waals surface area contributed by atoms with E-state index in [9.17, 15) is 4.79 Å². The van der Waals surface area contributed by atoms with Gasteiger partial charge in [-0.05, 0) is 13.1 Å². The molecule has 0 spiro atoms. The van der Waals surface area contributed by atoms with E-state index < -0.39 is 0 Å². The predicted molar refractivity (Wildman–Crippen MR) is 40.8 cm³/mol. The van der Waals surface area contributed by atoms with Crippen molar-refractivity contribution in [2.24, 2.45) is 0 Å². The van der Waals surface area contributed by atoms with Crippen LogP contribution in [0.2, 0.25) is 0 Å². The second-order valence-corrected chi connectivity index (χ2v) is 2.22. The maximum absolute atomic E-state index is 10.8. The van der Waals surface area contributed by atoms with Crippen molar-refractivity contribution in [3.8, 4) is 0 Å². The van der Waals surface area contributed by atoms with Gasteiger partial charge < -0.3 is 15.4 Å². The van der Waals surface area contributed by atoms with Crippen molar-refractivity contribution in [3.05, 3.63) is 12.3 Å². The van der Waals surface area contributed by atoms with E-state index in [2.05, 4.69) is 15.4 Å². The van der Waals surface area contributed by atoms with Crippen molar-refractivity contribution in [1.82, 2.24) is 10.6 Å². The zero-order valence-corrected chi connectivity index (χ0v) is 6.46. The first-order chi connectivity index (χ1) is 5.33. The SMILES string of the molecule is CCOC(=O)NC1CC=CN1. The molecule has 1 rings (SSSR count). The van der Waals surface area contributed by atoms with Crippen LogP contribution in [0.3, 0.4) is 0 Å². The Morgan fingerprint density at radius 3 is 3.27 bits per heavy atom. The molecule has 1 amide bonds. The number of amides is 1. The van der Waals surface area contributed by atoms with Gasteiger partial charge in [0.15, 0.2) is 0 Å². The maximum Gasteiger partial charge on any atom is 0.408 e. The van der Waals surface area contributed by atoms with Crippen LogP contribution in [-0.2, 0) is 4.74 Å². The van der Waals surface area contributed by atoms with Crippen LogP contribution < -0.4 is 10.6 Å². The van der Waals surface area contributed by atoms with E-state index in [-0.39, 0.29) is 12.3 Å². The Bertz CT molecular complexity index is 160. The van der Waals surface area contributed by atoms with E-state index in [1.807, 2.05) is 12.3 Å². The number of rotatable bonds is 2. The van der Waals surface area contributed by atoms with Crippen LogP contribution in [0, 0.1) is 0 Å². The van der Waals surface area contributed by atoms with Gasteiger partial charge in [0, 0.05) is 6.42 Å². The summed E-state index contributed by atoms with van der Waals surface area (Å²) in [6.45, 7) is 2.19. The zero-order valence-electron chi connectivity index (χ0n) is 6.46. The summed E-state index contributed by atoms with van der Waals surface area (Å²) in [4.78, 5) is 10.8. The van der Waals surface area contributed by atoms with Gasteiger partial charge in [0.25, 0.3) is 0 Å². The van der Waals surface area contributed by atoms with Crippen LogP contribution >= 0.6 is 0 Å². The summed E-state index contributed by atoms with van der Waals surface area (Å²) in [5.41, 5.74) is 0. The average molecular weight is 156 g/mol. The van der Waals surface area contributed by atoms with E-state index in [4.69, 9.17) is 0 Å². The second-order valence-electron chi connectivity index (χ2n) is 2.22. The van der Waals surface area contributed by atoms with E-state index in [1.54, 1.807) is 6.92 Å². The van der Waals surface area contributed by atoms with Crippen LogP contribution in [0.15, 0.2) is 12.3 Å². The van der Waals surface area contributed by atoms with Gasteiger partial charge in [-0.3, -0.25) is 0 Å². The van der Waals surface area contributed by atoms with Gasteiger partial charge >= 0.3 is 6.09 Å². The Morgan fingerprint density at radius 2 is 2.73 bits per heavy atom. The van der Waals surface area contributed by atoms with Crippen LogP contribution in [0.1, 0.15) is 13.3 Å². The fourth-order valence-corrected chi connectivity index (χ4v) is 0.872. The highest BCUT2D eigenvalue weighted by molar-refractivity contribution is 5.67. The van der Waals surface area contributed by atoms with Gasteiger partial charge in [-0.1, -0.05) is 6.08 Å². The number of alkyl carbamates (subject to hydrolysis) is 1. The van der Waals surface area contributed by atoms with Gasteiger partial charge in [0.05, 0.1) is 6.61 Å². The Balaban J connectivity index is 2.15. The Labute approximate surface area is 65.6 Å². The first-order valence-electron chi connectivity index (χ1n) is 3.67. The van der Waals surface area contributed by atoms with Crippen LogP contribution in [0.25, 0.3) is 0 Å². The Morgan fingerprint density at radius 1 is 1.91 bits per heavy atom. The van der Waals surface area contributed by atoms with Crippen molar-refractivity contribution in [1.29, 1.82) is 0 Å². The Hall–Kier alpha value is -1.19. The smallest absolute Gasteiger partial charge is 0.408 e. The van der Waals surface area contributed by atoms with E-state index in [1.165, 1.54) is 0 Å². The third-order valence-corrected chi connectivity index (χ3v) is 1.35. The molecule has 1 heterocycles. The lowest BCUT2D eigenvalue weighted by molar-refractivity contribution is 0.147. The molecule has 0 saturated heterocycles. The minimum Gasteiger partial charge on any atom is -0.450 e. The van der Waals surface area contributed by atoms with Crippen LogP contribution in [0.5, 0.6) is 0 Å². The van der Waals surface area contributed by atoms with Crippen molar-refractivity contribution in [2.45, 2.75) is 19.5 Å². The molecular weight excluding hydrogens is 144 g/mol. The highest BCUT2D eigenvalue weighted by Crippen LogP contribution is 1.97. The fraction of sp³-hybridized carbons (Fsp3) is 0.571. The van der Waals surface area contributed by atoms with E-state index in [0.29, 0.717) is 6.61 Å². The molecule has 1 atom stereocenters. The molecule has 0 aromatic heterocycles. The van der Waals surface area contributed by atoms with Crippen molar-refractivity contribution >= 4 is 6.09 Å². The lowest BCUT2D eigenvalue weighted by Gasteiger charge is -2.12. The van der Waals surface area contributed by atoms with Crippen molar-refractivity contribution in [3.63, 3.8) is 0 Å². The monoisotopic (exact) mass is 156 g/mol. The van der Waals surface area contributed by atoms with Gasteiger partial charge in [0.1, 0.15) is 6.17 Å². The number of carbonyl (C=O) groups excluding carboxylic acids is 1. The molecule has 4 nitrogen and oxygen atoms in total. The molecule has 1 aliphatic rings. The molecule has 0 aromatic carbocycles. The third-order valence-electron chi connectivity index (χ3n) is 1.35. The summed E-state index contributed by atoms with van der Waals surface area (Å²) in [6, 6.07) is 0. The summed E-state index contributed by atoms with van der Waals surface area (Å²) in [5, 5.41) is 5.60. The molecule has 62 valence electrons. The predicted octanol–water partition coefficient (Wildman–Crippen LogP) is 0.566. The van der Waals surface area contributed by atoms with Crippen LogP contribution in [-0.4, -0.2) is 18.9 Å². The van der Waals surface area contributed by atoms with Gasteiger partial charge in [-0.15, -0.1) is 0 Å². The minimum absolute atomic E-state index is 0.00838. The third kappa shape index (κ3) is 2.49. The largest absolute Gasteiger partial charge is 0.450 e. The molecule has 11 heavy (non-hydrogen) atoms. The highest BCUT2D eigenvalue weighted by Gasteiger charge is 2.11. The highest BCUT2D eigenvalue weighted by atomic mass is 16.5. The molecule has 0 bridgehead atoms. The Kier molecular flexibility index (Phi) is 2.77. The standard InChI is InChI=1S/C7H12N2O2/c1-2-11-7(10)9-6-4-3-5-8-6/h3,5-6,8H,2,4H2,1H3,(H,9,10). The van der Waals surface area contributed by atoms with Crippen LogP contribution in [0.4, 0.5) is 4.79 Å². The summed E-state index contributed by atoms with van der Waals surface area (Å²) in [7, 11) is 0. The molecular formula is C7H12N2O2. The summed E-state index contributed by atoms with van der Waals surface area (Å²) < 4.78 is 4.69. The molecule has 2 N–H and O–H groups in total. The first-order valence-corrected chi connectivity index (χ1v) is 3.67. The summed E-state index contributed by atoms with van der Waals surface area (Å²) in [6.07, 6.45) is 4.23. The number of hydrogen-bond acceptors (Lipinski definition) is 3. The lowest BCUT2D eigenvalue weighted by atomic mass is 10.4. The number of hydrogen-bond donors (Lipinski definition) is 2. The number of nitrogens with one attached hydrogen (secondary N) is 2. The quantitative estimate of drug-likeness (QED) is 0.614. The fourth-order valence-electron chi connectivity index (χ4n) is 0.872. The molecule has 1 unspecified atom stereocenters. The molecule has 0 fully saturated rings. The van der Waals surface area contributed by atoms with Gasteiger partial charge in [-0.2, -0.15) is 0 Å². The molecule has 0 aliphatic carbocycles.